The lowest BCUT2D eigenvalue weighted by Crippen LogP contribution is -2.53. The summed E-state index contributed by atoms with van der Waals surface area (Å²) >= 11 is 0. The number of carboxylic acid groups (broad SMARTS) is 1. The van der Waals surface area contributed by atoms with Crippen LogP contribution in [0.3, 0.4) is 0 Å². The molecule has 180 valence electrons. The number of amides is 2. The number of alkyl carbamates (subject to hydrolysis) is 1. The molecule has 2 unspecified atom stereocenters. The largest absolute Gasteiger partial charge is 0.480 e. The van der Waals surface area contributed by atoms with Gasteiger partial charge in [0.2, 0.25) is 5.91 Å². The normalized spacial score (nSPS) is 17.1. The van der Waals surface area contributed by atoms with Gasteiger partial charge < -0.3 is 20.1 Å². The summed E-state index contributed by atoms with van der Waals surface area (Å²) in [5, 5.41) is 12.2. The number of hydrogen-bond acceptors (Lipinski definition) is 4. The van der Waals surface area contributed by atoms with Gasteiger partial charge in [0.1, 0.15) is 12.6 Å². The summed E-state index contributed by atoms with van der Waals surface area (Å²) in [6, 6.07) is 15.3. The molecule has 1 fully saturated rings. The highest BCUT2D eigenvalue weighted by Crippen LogP contribution is 2.44. The van der Waals surface area contributed by atoms with Crippen LogP contribution in [0.4, 0.5) is 4.79 Å². The van der Waals surface area contributed by atoms with E-state index in [0.717, 1.165) is 35.1 Å². The molecule has 2 aromatic rings. The van der Waals surface area contributed by atoms with Crippen LogP contribution in [-0.4, -0.2) is 53.2 Å². The van der Waals surface area contributed by atoms with Crippen molar-refractivity contribution in [3.05, 3.63) is 59.7 Å². The lowest BCUT2D eigenvalue weighted by molar-refractivity contribution is -0.155. The lowest BCUT2D eigenvalue weighted by atomic mass is 9.85. The van der Waals surface area contributed by atoms with Crippen LogP contribution in [0.2, 0.25) is 0 Å². The Morgan fingerprint density at radius 2 is 1.65 bits per heavy atom. The van der Waals surface area contributed by atoms with Crippen molar-refractivity contribution in [2.45, 2.75) is 58.0 Å². The van der Waals surface area contributed by atoms with Crippen molar-refractivity contribution in [3.8, 4) is 11.1 Å². The van der Waals surface area contributed by atoms with Gasteiger partial charge in [-0.3, -0.25) is 4.79 Å². The molecule has 0 spiro atoms. The molecule has 0 bridgehead atoms. The first kappa shape index (κ1) is 23.8. The summed E-state index contributed by atoms with van der Waals surface area (Å²) in [6.45, 7) is 5.44. The highest BCUT2D eigenvalue weighted by molar-refractivity contribution is 5.88. The molecule has 2 amide bonds. The zero-order valence-electron chi connectivity index (χ0n) is 19.9. The second-order valence-corrected chi connectivity index (χ2v) is 9.55. The molecule has 2 atom stereocenters. The summed E-state index contributed by atoms with van der Waals surface area (Å²) < 4.78 is 5.60. The van der Waals surface area contributed by atoms with Crippen molar-refractivity contribution in [2.75, 3.05) is 13.2 Å². The summed E-state index contributed by atoms with van der Waals surface area (Å²) in [7, 11) is 0. The van der Waals surface area contributed by atoms with Gasteiger partial charge in [0, 0.05) is 18.5 Å². The fourth-order valence-corrected chi connectivity index (χ4v) is 4.71. The number of nitrogens with zero attached hydrogens (tertiary/aromatic N) is 1. The number of aliphatic carboxylic acids is 1. The average Bonchev–Trinajstić information content (AvgIpc) is 3.63. The van der Waals surface area contributed by atoms with Gasteiger partial charge in [-0.25, -0.2) is 9.59 Å². The molecule has 0 heterocycles. The van der Waals surface area contributed by atoms with Gasteiger partial charge in [-0.05, 0) is 55.4 Å². The molecule has 2 N–H and O–H groups in total. The molecule has 2 aliphatic carbocycles. The van der Waals surface area contributed by atoms with Crippen molar-refractivity contribution < 1.29 is 24.2 Å². The van der Waals surface area contributed by atoms with Crippen LogP contribution < -0.4 is 5.32 Å². The van der Waals surface area contributed by atoms with Gasteiger partial charge in [0.15, 0.2) is 0 Å². The third-order valence-electron chi connectivity index (χ3n) is 7.21. The van der Waals surface area contributed by atoms with Crippen molar-refractivity contribution in [1.29, 1.82) is 0 Å². The lowest BCUT2D eigenvalue weighted by Gasteiger charge is -2.36. The van der Waals surface area contributed by atoms with E-state index in [1.165, 1.54) is 11.8 Å². The number of rotatable bonds is 9. The number of fused-ring (bicyclic) bond motifs is 3. The summed E-state index contributed by atoms with van der Waals surface area (Å²) in [6.07, 6.45) is 1.50. The Morgan fingerprint density at radius 3 is 2.15 bits per heavy atom. The Bertz CT molecular complexity index is 1050. The van der Waals surface area contributed by atoms with E-state index in [0.29, 0.717) is 6.42 Å². The standard InChI is InChI=1S/C27H32N2O5/c1-4-27(3,25(32)29(18-13-14-18)17(2)24(30)31)16-28-26(33)34-15-23-21-11-7-5-9-19(21)20-10-6-8-12-22(20)23/h5-12,17-18,23H,4,13-16H2,1-3H3,(H,28,33)(H,30,31). The molecule has 0 aliphatic heterocycles. The predicted octanol–water partition coefficient (Wildman–Crippen LogP) is 4.41. The molecule has 2 aliphatic rings. The van der Waals surface area contributed by atoms with Crippen LogP contribution in [0, 0.1) is 5.41 Å². The van der Waals surface area contributed by atoms with Gasteiger partial charge in [0.25, 0.3) is 0 Å². The number of carbonyl (C=O) groups is 3. The number of hydrogen-bond donors (Lipinski definition) is 2. The van der Waals surface area contributed by atoms with Crippen LogP contribution in [0.1, 0.15) is 57.1 Å². The average molecular weight is 465 g/mol. The van der Waals surface area contributed by atoms with Gasteiger partial charge in [0.05, 0.1) is 5.41 Å². The molecule has 2 aromatic carbocycles. The zero-order valence-corrected chi connectivity index (χ0v) is 19.9. The Hall–Kier alpha value is -3.35. The maximum Gasteiger partial charge on any atom is 0.407 e. The molecule has 7 nitrogen and oxygen atoms in total. The topological polar surface area (TPSA) is 95.9 Å². The highest BCUT2D eigenvalue weighted by Gasteiger charge is 2.45. The minimum atomic E-state index is -1.02. The zero-order chi connectivity index (χ0) is 24.5. The minimum Gasteiger partial charge on any atom is -0.480 e. The molecule has 0 saturated heterocycles. The molecule has 7 heteroatoms. The maximum absolute atomic E-state index is 13.3. The number of nitrogens with one attached hydrogen (secondary N) is 1. The SMILES string of the molecule is CCC(C)(CNC(=O)OCC1c2ccccc2-c2ccccc21)C(=O)N(C1CC1)C(C)C(=O)O. The van der Waals surface area contributed by atoms with E-state index >= 15 is 0 Å². The van der Waals surface area contributed by atoms with Gasteiger partial charge in [-0.15, -0.1) is 0 Å². The van der Waals surface area contributed by atoms with E-state index in [4.69, 9.17) is 4.74 Å². The van der Waals surface area contributed by atoms with E-state index in [-0.39, 0.29) is 31.0 Å². The maximum atomic E-state index is 13.3. The minimum absolute atomic E-state index is 0.0425. The fourth-order valence-electron chi connectivity index (χ4n) is 4.71. The van der Waals surface area contributed by atoms with Gasteiger partial charge >= 0.3 is 12.1 Å². The molecular weight excluding hydrogens is 432 g/mol. The van der Waals surface area contributed by atoms with Crippen LogP contribution in [0.5, 0.6) is 0 Å². The quantitative estimate of drug-likeness (QED) is 0.573. The molecule has 4 rings (SSSR count). The van der Waals surface area contributed by atoms with Crippen molar-refractivity contribution in [1.82, 2.24) is 10.2 Å². The Morgan fingerprint density at radius 1 is 1.09 bits per heavy atom. The second-order valence-electron chi connectivity index (χ2n) is 9.55. The number of benzene rings is 2. The number of carboxylic acids is 1. The molecule has 1 saturated carbocycles. The summed E-state index contributed by atoms with van der Waals surface area (Å²) in [5.41, 5.74) is 3.66. The predicted molar refractivity (Wildman–Crippen MR) is 128 cm³/mol. The van der Waals surface area contributed by atoms with Crippen molar-refractivity contribution in [3.63, 3.8) is 0 Å². The Kier molecular flexibility index (Phi) is 6.64. The summed E-state index contributed by atoms with van der Waals surface area (Å²) in [5.74, 6) is -1.31. The van der Waals surface area contributed by atoms with Crippen molar-refractivity contribution in [2.24, 2.45) is 5.41 Å². The third-order valence-corrected chi connectivity index (χ3v) is 7.21. The van der Waals surface area contributed by atoms with Crippen LogP contribution in [0.15, 0.2) is 48.5 Å². The Labute approximate surface area is 200 Å². The first-order valence-electron chi connectivity index (χ1n) is 11.9. The van der Waals surface area contributed by atoms with E-state index in [2.05, 4.69) is 29.6 Å². The van der Waals surface area contributed by atoms with E-state index in [1.807, 2.05) is 31.2 Å². The molecule has 0 radical (unpaired) electrons. The summed E-state index contributed by atoms with van der Waals surface area (Å²) in [4.78, 5) is 39.0. The van der Waals surface area contributed by atoms with Crippen LogP contribution in [0.25, 0.3) is 11.1 Å². The monoisotopic (exact) mass is 464 g/mol. The third kappa shape index (κ3) is 4.52. The first-order valence-corrected chi connectivity index (χ1v) is 11.9. The van der Waals surface area contributed by atoms with Crippen molar-refractivity contribution >= 4 is 18.0 Å². The molecule has 0 aromatic heterocycles. The highest BCUT2D eigenvalue weighted by atomic mass is 16.5. The van der Waals surface area contributed by atoms with E-state index in [9.17, 15) is 19.5 Å². The number of carbonyl (C=O) groups excluding carboxylic acids is 2. The van der Waals surface area contributed by atoms with E-state index in [1.54, 1.807) is 6.92 Å². The van der Waals surface area contributed by atoms with Gasteiger partial charge in [-0.2, -0.15) is 0 Å². The Balaban J connectivity index is 1.39. The van der Waals surface area contributed by atoms with Gasteiger partial charge in [-0.1, -0.05) is 55.5 Å². The fraction of sp³-hybridized carbons (Fsp3) is 0.444. The molecule has 34 heavy (non-hydrogen) atoms. The first-order chi connectivity index (χ1) is 16.3. The smallest absolute Gasteiger partial charge is 0.407 e. The van der Waals surface area contributed by atoms with E-state index < -0.39 is 23.5 Å². The van der Waals surface area contributed by atoms with Crippen LogP contribution >= 0.6 is 0 Å². The number of ether oxygens (including phenoxy) is 1. The van der Waals surface area contributed by atoms with Crippen LogP contribution in [-0.2, 0) is 14.3 Å². The molecular formula is C27H32N2O5. The second kappa shape index (κ2) is 9.49.